The van der Waals surface area contributed by atoms with E-state index in [4.69, 9.17) is 9.59 Å². The second kappa shape index (κ2) is 14.9. The van der Waals surface area contributed by atoms with Gasteiger partial charge in [-0.2, -0.15) is 23.4 Å². The number of aromatic nitrogens is 2. The van der Waals surface area contributed by atoms with Crippen molar-refractivity contribution in [3.8, 4) is 0 Å². The molecule has 0 aliphatic carbocycles. The van der Waals surface area contributed by atoms with Crippen molar-refractivity contribution in [3.05, 3.63) is 70.3 Å². The second-order valence-corrected chi connectivity index (χ2v) is 9.85. The number of halogens is 3. The van der Waals surface area contributed by atoms with Crippen molar-refractivity contribution < 1.29 is 23.5 Å². The SMILES string of the molecule is CCC(CO)Nc1nc(Nc2cccc(SNCc3cccc(C(F)(F)P)c3)c2)ncc1Br.O=C=O. The van der Waals surface area contributed by atoms with Crippen LogP contribution in [0.4, 0.5) is 26.2 Å². The molecule has 0 aliphatic rings. The predicted octanol–water partition coefficient (Wildman–Crippen LogP) is 5.30. The minimum absolute atomic E-state index is 0.00605. The number of nitrogens with one attached hydrogen (secondary N) is 3. The number of rotatable bonds is 11. The Bertz CT molecular complexity index is 1160. The van der Waals surface area contributed by atoms with E-state index in [9.17, 15) is 13.9 Å². The summed E-state index contributed by atoms with van der Waals surface area (Å²) in [5, 5.41) is 15.8. The van der Waals surface area contributed by atoms with Gasteiger partial charge in [0.2, 0.25) is 5.95 Å². The molecule has 0 radical (unpaired) electrons. The number of carbonyl (C=O) groups excluding carboxylic acids is 2. The van der Waals surface area contributed by atoms with E-state index in [1.807, 2.05) is 37.3 Å². The van der Waals surface area contributed by atoms with E-state index in [1.54, 1.807) is 21.5 Å². The van der Waals surface area contributed by atoms with Crippen LogP contribution in [0.5, 0.6) is 0 Å². The first-order valence-corrected chi connectivity index (χ1v) is 12.8. The van der Waals surface area contributed by atoms with E-state index >= 15 is 0 Å². The Morgan fingerprint density at radius 2 is 1.94 bits per heavy atom. The van der Waals surface area contributed by atoms with E-state index in [1.165, 1.54) is 24.1 Å². The van der Waals surface area contributed by atoms with Crippen LogP contribution >= 0.6 is 37.1 Å². The number of nitrogens with zero attached hydrogens (tertiary/aromatic N) is 2. The second-order valence-electron chi connectivity index (χ2n) is 7.30. The molecule has 0 spiro atoms. The van der Waals surface area contributed by atoms with Crippen molar-refractivity contribution in [2.75, 3.05) is 17.2 Å². The van der Waals surface area contributed by atoms with Crippen molar-refractivity contribution >= 4 is 60.7 Å². The molecule has 0 bridgehead atoms. The molecule has 1 aromatic heterocycles. The third kappa shape index (κ3) is 9.89. The normalized spacial score (nSPS) is 11.6. The molecule has 0 fully saturated rings. The molecule has 4 N–H and O–H groups in total. The number of hydrogen-bond donors (Lipinski definition) is 4. The van der Waals surface area contributed by atoms with Gasteiger partial charge in [0.05, 0.1) is 17.1 Å². The van der Waals surface area contributed by atoms with Gasteiger partial charge < -0.3 is 15.7 Å². The van der Waals surface area contributed by atoms with Gasteiger partial charge in [-0.3, -0.25) is 4.72 Å². The van der Waals surface area contributed by atoms with Crippen LogP contribution in [-0.4, -0.2) is 33.9 Å². The zero-order valence-electron chi connectivity index (χ0n) is 19.2. The molecule has 2 unspecified atom stereocenters. The fourth-order valence-electron chi connectivity index (χ4n) is 2.86. The van der Waals surface area contributed by atoms with Crippen LogP contribution in [0.25, 0.3) is 0 Å². The molecule has 36 heavy (non-hydrogen) atoms. The summed E-state index contributed by atoms with van der Waals surface area (Å²) in [5.41, 5.74) is -1.40. The van der Waals surface area contributed by atoms with Crippen molar-refractivity contribution in [3.63, 3.8) is 0 Å². The fourth-order valence-corrected chi connectivity index (χ4v) is 4.08. The standard InChI is InChI=1S/C22H25BrF2N5OPS.CO2/c1-2-16(13-31)28-20-19(23)12-26-21(30-20)29-17-7-4-8-18(10-17)33-27-11-14-5-3-6-15(9-14)22(24,25)32;2-1-3/h3-10,12,16,27,31H,2,11,13,32H2,1H3,(H2,26,28,29,30);. The molecular weight excluding hydrogens is 575 g/mol. The topological polar surface area (TPSA) is 116 Å². The van der Waals surface area contributed by atoms with Crippen molar-refractivity contribution in [1.29, 1.82) is 0 Å². The van der Waals surface area contributed by atoms with Crippen molar-refractivity contribution in [2.45, 2.75) is 36.5 Å². The summed E-state index contributed by atoms with van der Waals surface area (Å²) < 4.78 is 30.9. The average molecular weight is 600 g/mol. The van der Waals surface area contributed by atoms with Crippen LogP contribution in [0.15, 0.2) is 64.1 Å². The summed E-state index contributed by atoms with van der Waals surface area (Å²) in [4.78, 5) is 26.0. The van der Waals surface area contributed by atoms with E-state index in [-0.39, 0.29) is 24.4 Å². The molecule has 0 saturated carbocycles. The molecule has 0 amide bonds. The molecule has 2 atom stereocenters. The number of hydrogen-bond acceptors (Lipinski definition) is 9. The molecule has 3 rings (SSSR count). The summed E-state index contributed by atoms with van der Waals surface area (Å²) in [7, 11) is 1.56. The minimum atomic E-state index is -2.94. The zero-order valence-corrected chi connectivity index (χ0v) is 22.7. The van der Waals surface area contributed by atoms with Gasteiger partial charge in [0, 0.05) is 28.9 Å². The van der Waals surface area contributed by atoms with Crippen LogP contribution in [0.2, 0.25) is 0 Å². The van der Waals surface area contributed by atoms with Gasteiger partial charge >= 0.3 is 6.15 Å². The van der Waals surface area contributed by atoms with Gasteiger partial charge in [-0.1, -0.05) is 40.4 Å². The quantitative estimate of drug-likeness (QED) is 0.172. The van der Waals surface area contributed by atoms with Crippen LogP contribution < -0.4 is 15.4 Å². The number of aliphatic hydroxyl groups is 1. The Morgan fingerprint density at radius 3 is 2.61 bits per heavy atom. The largest absolute Gasteiger partial charge is 0.394 e. The number of aliphatic hydroxyl groups excluding tert-OH is 1. The Balaban J connectivity index is 0.00000145. The van der Waals surface area contributed by atoms with Gasteiger partial charge in [0.25, 0.3) is 5.66 Å². The summed E-state index contributed by atoms with van der Waals surface area (Å²) >= 11 is 4.83. The summed E-state index contributed by atoms with van der Waals surface area (Å²) in [5.74, 6) is 1.01. The Kier molecular flexibility index (Phi) is 12.4. The lowest BCUT2D eigenvalue weighted by Crippen LogP contribution is -2.23. The lowest BCUT2D eigenvalue weighted by molar-refractivity contribution is -0.191. The maximum absolute atomic E-state index is 13.5. The van der Waals surface area contributed by atoms with Crippen LogP contribution in [0, 0.1) is 0 Å². The van der Waals surface area contributed by atoms with Gasteiger partial charge in [0.15, 0.2) is 0 Å². The minimum Gasteiger partial charge on any atom is -0.394 e. The van der Waals surface area contributed by atoms with Crippen molar-refractivity contribution in [2.24, 2.45) is 0 Å². The molecule has 2 aromatic carbocycles. The van der Waals surface area contributed by atoms with E-state index < -0.39 is 5.66 Å². The monoisotopic (exact) mass is 599 g/mol. The zero-order chi connectivity index (χ0) is 26.6. The van der Waals surface area contributed by atoms with Gasteiger partial charge in [-0.25, -0.2) is 4.98 Å². The lowest BCUT2D eigenvalue weighted by Gasteiger charge is -2.16. The Morgan fingerprint density at radius 1 is 1.22 bits per heavy atom. The number of benzene rings is 2. The maximum atomic E-state index is 13.5. The highest BCUT2D eigenvalue weighted by Gasteiger charge is 2.24. The van der Waals surface area contributed by atoms with Crippen LogP contribution in [-0.2, 0) is 21.8 Å². The maximum Gasteiger partial charge on any atom is 0.373 e. The van der Waals surface area contributed by atoms with Crippen LogP contribution in [0.3, 0.4) is 0 Å². The van der Waals surface area contributed by atoms with Gasteiger partial charge in [-0.15, -0.1) is 0 Å². The van der Waals surface area contributed by atoms with E-state index in [2.05, 4.69) is 41.3 Å². The van der Waals surface area contributed by atoms with Crippen molar-refractivity contribution in [1.82, 2.24) is 14.7 Å². The molecule has 0 saturated heterocycles. The Hall–Kier alpha value is -2.46. The third-order valence-corrected chi connectivity index (χ3v) is 6.36. The summed E-state index contributed by atoms with van der Waals surface area (Å²) in [6, 6.07) is 13.9. The lowest BCUT2D eigenvalue weighted by atomic mass is 10.1. The molecule has 13 heteroatoms. The molecule has 0 aliphatic heterocycles. The highest BCUT2D eigenvalue weighted by molar-refractivity contribution is 9.10. The van der Waals surface area contributed by atoms with Gasteiger partial charge in [-0.05, 0) is 64.1 Å². The molecular formula is C23H25BrF2N5O3PS. The first kappa shape index (κ1) is 29.8. The smallest absolute Gasteiger partial charge is 0.373 e. The summed E-state index contributed by atoms with van der Waals surface area (Å²) in [6.45, 7) is 2.42. The molecule has 192 valence electrons. The highest BCUT2D eigenvalue weighted by Crippen LogP contribution is 2.35. The number of alkyl halides is 2. The highest BCUT2D eigenvalue weighted by atomic mass is 79.9. The molecule has 3 aromatic rings. The average Bonchev–Trinajstić information content (AvgIpc) is 2.85. The van der Waals surface area contributed by atoms with E-state index in [0.29, 0.717) is 22.8 Å². The van der Waals surface area contributed by atoms with Gasteiger partial charge in [0.1, 0.15) is 5.82 Å². The predicted molar refractivity (Wildman–Crippen MR) is 142 cm³/mol. The van der Waals surface area contributed by atoms with Crippen LogP contribution in [0.1, 0.15) is 24.5 Å². The number of anilines is 3. The summed E-state index contributed by atoms with van der Waals surface area (Å²) in [6.07, 6.45) is 2.65. The Labute approximate surface area is 222 Å². The first-order chi connectivity index (χ1) is 17.2. The fraction of sp³-hybridized carbons (Fsp3) is 0.261. The first-order valence-electron chi connectivity index (χ1n) is 10.6. The van der Waals surface area contributed by atoms with E-state index in [0.717, 1.165) is 22.6 Å². The third-order valence-electron chi connectivity index (χ3n) is 4.67. The molecule has 8 nitrogen and oxygen atoms in total. The molecule has 1 heterocycles.